The van der Waals surface area contributed by atoms with Gasteiger partial charge >= 0.3 is 5.97 Å². The van der Waals surface area contributed by atoms with Gasteiger partial charge in [-0.2, -0.15) is 0 Å². The largest absolute Gasteiger partial charge is 0.449 e. The maximum atomic E-state index is 12.8. The molecular formula is C17H21NO3. The van der Waals surface area contributed by atoms with E-state index >= 15 is 0 Å². The lowest BCUT2D eigenvalue weighted by atomic mass is 9.75. The number of anilines is 1. The molecule has 1 aliphatic heterocycles. The Morgan fingerprint density at radius 1 is 1.29 bits per heavy atom. The lowest BCUT2D eigenvalue weighted by molar-refractivity contribution is -0.160. The van der Waals surface area contributed by atoms with Crippen molar-refractivity contribution >= 4 is 17.6 Å². The zero-order chi connectivity index (χ0) is 15.0. The number of carbonyl (C=O) groups excluding carboxylic acids is 2. The van der Waals surface area contributed by atoms with Crippen molar-refractivity contribution in [2.75, 3.05) is 5.32 Å². The zero-order valence-electron chi connectivity index (χ0n) is 12.6. The average Bonchev–Trinajstić information content (AvgIpc) is 2.80. The quantitative estimate of drug-likeness (QED) is 0.850. The molecule has 0 spiro atoms. The Morgan fingerprint density at radius 2 is 2.00 bits per heavy atom. The normalized spacial score (nSPS) is 27.9. The predicted octanol–water partition coefficient (Wildman–Crippen LogP) is 3.12. The third kappa shape index (κ3) is 2.33. The fourth-order valence-electron chi connectivity index (χ4n) is 3.64. The summed E-state index contributed by atoms with van der Waals surface area (Å²) in [5, 5.41) is 3.01. The third-order valence-corrected chi connectivity index (χ3v) is 4.82. The van der Waals surface area contributed by atoms with Gasteiger partial charge in [0.1, 0.15) is 0 Å². The van der Waals surface area contributed by atoms with Crippen LogP contribution < -0.4 is 5.32 Å². The van der Waals surface area contributed by atoms with Gasteiger partial charge in [0.25, 0.3) is 5.91 Å². The van der Waals surface area contributed by atoms with Crippen LogP contribution in [0.15, 0.2) is 18.2 Å². The lowest BCUT2D eigenvalue weighted by Gasteiger charge is -2.35. The summed E-state index contributed by atoms with van der Waals surface area (Å²) in [4.78, 5) is 24.5. The molecule has 0 radical (unpaired) electrons. The summed E-state index contributed by atoms with van der Waals surface area (Å²) in [5.74, 6) is -0.364. The van der Waals surface area contributed by atoms with Crippen molar-refractivity contribution < 1.29 is 14.3 Å². The molecule has 1 aliphatic carbocycles. The molecule has 4 heteroatoms. The first-order valence-electron chi connectivity index (χ1n) is 7.62. The molecule has 0 unspecified atom stereocenters. The van der Waals surface area contributed by atoms with Gasteiger partial charge in [0.15, 0.2) is 5.60 Å². The van der Waals surface area contributed by atoms with Crippen LogP contribution in [0.1, 0.15) is 43.2 Å². The number of hydrogen-bond donors (Lipinski definition) is 1. The van der Waals surface area contributed by atoms with Crippen molar-refractivity contribution in [2.24, 2.45) is 5.92 Å². The third-order valence-electron chi connectivity index (χ3n) is 4.82. The topological polar surface area (TPSA) is 55.4 Å². The summed E-state index contributed by atoms with van der Waals surface area (Å²) in [7, 11) is 0. The number of rotatable bonds is 2. The van der Waals surface area contributed by atoms with Crippen LogP contribution in [-0.2, 0) is 14.3 Å². The number of para-hydroxylation sites is 1. The van der Waals surface area contributed by atoms with Gasteiger partial charge in [0, 0.05) is 11.6 Å². The van der Waals surface area contributed by atoms with E-state index in [4.69, 9.17) is 4.74 Å². The molecule has 0 aromatic heterocycles. The number of benzene rings is 1. The van der Waals surface area contributed by atoms with E-state index in [1.165, 1.54) is 0 Å². The van der Waals surface area contributed by atoms with Gasteiger partial charge in [-0.25, -0.2) is 0 Å². The second-order valence-corrected chi connectivity index (χ2v) is 6.23. The fourth-order valence-corrected chi connectivity index (χ4v) is 3.64. The van der Waals surface area contributed by atoms with Crippen LogP contribution >= 0.6 is 0 Å². The molecular weight excluding hydrogens is 266 g/mol. The molecule has 1 N–H and O–H groups in total. The molecule has 1 saturated heterocycles. The first kappa shape index (κ1) is 14.1. The van der Waals surface area contributed by atoms with Crippen LogP contribution in [0, 0.1) is 19.8 Å². The SMILES string of the molecule is Cc1cccc(C)c1NC(=O)[C@]12CCCC[C@@H]1CC(=O)O2. The molecule has 1 saturated carbocycles. The average molecular weight is 287 g/mol. The Hall–Kier alpha value is -1.84. The summed E-state index contributed by atoms with van der Waals surface area (Å²) in [6.45, 7) is 3.94. The standard InChI is InChI=1S/C17H21NO3/c1-11-6-5-7-12(2)15(11)18-16(20)17-9-4-3-8-13(17)10-14(19)21-17/h5-7,13H,3-4,8-10H2,1-2H3,(H,18,20)/t13-,17+/m1/s1. The summed E-state index contributed by atoms with van der Waals surface area (Å²) in [6.07, 6.45) is 3.91. The summed E-state index contributed by atoms with van der Waals surface area (Å²) >= 11 is 0. The molecule has 4 nitrogen and oxygen atoms in total. The number of fused-ring (bicyclic) bond motifs is 1. The van der Waals surface area contributed by atoms with Gasteiger partial charge in [-0.3, -0.25) is 9.59 Å². The molecule has 3 rings (SSSR count). The molecule has 1 aromatic rings. The number of carbonyl (C=O) groups is 2. The van der Waals surface area contributed by atoms with Crippen LogP contribution in [0.4, 0.5) is 5.69 Å². The van der Waals surface area contributed by atoms with Crippen LogP contribution in [-0.4, -0.2) is 17.5 Å². The van der Waals surface area contributed by atoms with Crippen LogP contribution in [0.3, 0.4) is 0 Å². The second-order valence-electron chi connectivity index (χ2n) is 6.23. The van der Waals surface area contributed by atoms with Crippen molar-refractivity contribution in [3.8, 4) is 0 Å². The monoisotopic (exact) mass is 287 g/mol. The highest BCUT2D eigenvalue weighted by Crippen LogP contribution is 2.44. The van der Waals surface area contributed by atoms with Crippen molar-refractivity contribution in [1.82, 2.24) is 0 Å². The number of nitrogens with one attached hydrogen (secondary N) is 1. The Balaban J connectivity index is 1.89. The number of esters is 1. The highest BCUT2D eigenvalue weighted by atomic mass is 16.6. The van der Waals surface area contributed by atoms with Gasteiger partial charge in [-0.1, -0.05) is 24.6 Å². The number of amides is 1. The van der Waals surface area contributed by atoms with E-state index in [1.807, 2.05) is 32.0 Å². The number of aryl methyl sites for hydroxylation is 2. The Morgan fingerprint density at radius 3 is 2.71 bits per heavy atom. The summed E-state index contributed by atoms with van der Waals surface area (Å²) in [5.41, 5.74) is 1.95. The van der Waals surface area contributed by atoms with E-state index in [9.17, 15) is 9.59 Å². The second kappa shape index (κ2) is 5.17. The minimum absolute atomic E-state index is 0.0306. The van der Waals surface area contributed by atoms with Crippen molar-refractivity contribution in [3.05, 3.63) is 29.3 Å². The summed E-state index contributed by atoms with van der Waals surface area (Å²) in [6, 6.07) is 5.91. The minimum Gasteiger partial charge on any atom is -0.449 e. The Labute approximate surface area is 124 Å². The van der Waals surface area contributed by atoms with Crippen molar-refractivity contribution in [3.63, 3.8) is 0 Å². The lowest BCUT2D eigenvalue weighted by Crippen LogP contribution is -2.49. The Bertz CT molecular complexity index is 575. The highest BCUT2D eigenvalue weighted by molar-refractivity contribution is 6.01. The smallest absolute Gasteiger partial charge is 0.307 e. The maximum Gasteiger partial charge on any atom is 0.307 e. The van der Waals surface area contributed by atoms with Crippen molar-refractivity contribution in [1.29, 1.82) is 0 Å². The van der Waals surface area contributed by atoms with Gasteiger partial charge in [0.05, 0.1) is 6.42 Å². The van der Waals surface area contributed by atoms with Gasteiger partial charge < -0.3 is 10.1 Å². The molecule has 2 fully saturated rings. The Kier molecular flexibility index (Phi) is 3.47. The van der Waals surface area contributed by atoms with E-state index in [2.05, 4.69) is 5.32 Å². The van der Waals surface area contributed by atoms with Crippen LogP contribution in [0.5, 0.6) is 0 Å². The maximum absolute atomic E-state index is 12.8. The first-order chi connectivity index (χ1) is 10.0. The molecule has 21 heavy (non-hydrogen) atoms. The number of ether oxygens (including phenoxy) is 1. The van der Waals surface area contributed by atoms with E-state index < -0.39 is 5.60 Å². The molecule has 0 bridgehead atoms. The molecule has 1 heterocycles. The number of hydrogen-bond acceptors (Lipinski definition) is 3. The molecule has 1 aromatic carbocycles. The fraction of sp³-hybridized carbons (Fsp3) is 0.529. The van der Waals surface area contributed by atoms with Crippen LogP contribution in [0.2, 0.25) is 0 Å². The van der Waals surface area contributed by atoms with E-state index in [0.717, 1.165) is 36.1 Å². The zero-order valence-corrected chi connectivity index (χ0v) is 12.6. The molecule has 2 aliphatic rings. The first-order valence-corrected chi connectivity index (χ1v) is 7.62. The predicted molar refractivity (Wildman–Crippen MR) is 79.9 cm³/mol. The van der Waals surface area contributed by atoms with Crippen LogP contribution in [0.25, 0.3) is 0 Å². The van der Waals surface area contributed by atoms with E-state index in [1.54, 1.807) is 0 Å². The molecule has 2 atom stereocenters. The molecule has 112 valence electrons. The molecule has 1 amide bonds. The van der Waals surface area contributed by atoms with Gasteiger partial charge in [0.2, 0.25) is 0 Å². The van der Waals surface area contributed by atoms with E-state index in [-0.39, 0.29) is 17.8 Å². The van der Waals surface area contributed by atoms with Crippen molar-refractivity contribution in [2.45, 2.75) is 51.6 Å². The highest BCUT2D eigenvalue weighted by Gasteiger charge is 2.55. The minimum atomic E-state index is -0.940. The van der Waals surface area contributed by atoms with E-state index in [0.29, 0.717) is 12.8 Å². The van der Waals surface area contributed by atoms with Gasteiger partial charge in [-0.05, 0) is 44.2 Å². The van der Waals surface area contributed by atoms with Gasteiger partial charge in [-0.15, -0.1) is 0 Å². The summed E-state index contributed by atoms with van der Waals surface area (Å²) < 4.78 is 5.52.